The van der Waals surface area contributed by atoms with Gasteiger partial charge in [0.2, 0.25) is 5.88 Å². The van der Waals surface area contributed by atoms with Gasteiger partial charge in [0.05, 0.1) is 6.61 Å². The number of rotatable bonds is 9. The van der Waals surface area contributed by atoms with Crippen molar-refractivity contribution in [3.05, 3.63) is 42.4 Å². The lowest BCUT2D eigenvalue weighted by Crippen LogP contribution is -2.37. The molecule has 0 spiro atoms. The Morgan fingerprint density at radius 2 is 2.23 bits per heavy atom. The molecule has 0 atom stereocenters. The van der Waals surface area contributed by atoms with Crippen LogP contribution in [0.15, 0.2) is 41.8 Å². The number of ether oxygens (including phenoxy) is 1. The van der Waals surface area contributed by atoms with Gasteiger partial charge in [-0.2, -0.15) is 5.10 Å². The van der Waals surface area contributed by atoms with E-state index in [0.717, 1.165) is 43.6 Å². The summed E-state index contributed by atoms with van der Waals surface area (Å²) in [7, 11) is 1.77. The van der Waals surface area contributed by atoms with Crippen LogP contribution in [0.2, 0.25) is 0 Å². The molecule has 3 rings (SSSR count). The Balaban J connectivity index is 0.00000243. The van der Waals surface area contributed by atoms with Crippen molar-refractivity contribution in [1.82, 2.24) is 25.4 Å². The van der Waals surface area contributed by atoms with E-state index in [9.17, 15) is 0 Å². The number of hydrogen-bond acceptors (Lipinski definition) is 4. The van der Waals surface area contributed by atoms with Gasteiger partial charge in [0, 0.05) is 51.3 Å². The molecule has 1 aliphatic carbocycles. The molecule has 26 heavy (non-hydrogen) atoms. The van der Waals surface area contributed by atoms with Crippen LogP contribution in [0.3, 0.4) is 0 Å². The second-order valence-corrected chi connectivity index (χ2v) is 6.23. The van der Waals surface area contributed by atoms with Gasteiger partial charge in [-0.1, -0.05) is 6.07 Å². The van der Waals surface area contributed by atoms with Gasteiger partial charge in [-0.15, -0.1) is 24.0 Å². The Hall–Kier alpha value is -1.84. The quantitative estimate of drug-likeness (QED) is 0.255. The molecule has 2 N–H and O–H groups in total. The molecule has 142 valence electrons. The first-order valence-electron chi connectivity index (χ1n) is 8.83. The smallest absolute Gasteiger partial charge is 0.213 e. The van der Waals surface area contributed by atoms with Gasteiger partial charge in [0.15, 0.2) is 5.96 Å². The predicted octanol–water partition coefficient (Wildman–Crippen LogP) is 2.44. The molecule has 2 aromatic heterocycles. The minimum absolute atomic E-state index is 0. The van der Waals surface area contributed by atoms with Crippen LogP contribution in [0, 0.1) is 5.92 Å². The summed E-state index contributed by atoms with van der Waals surface area (Å²) in [6.45, 7) is 3.20. The highest BCUT2D eigenvalue weighted by molar-refractivity contribution is 14.0. The molecule has 0 aromatic carbocycles. The molecule has 2 aromatic rings. The van der Waals surface area contributed by atoms with Crippen LogP contribution < -0.4 is 15.4 Å². The van der Waals surface area contributed by atoms with Gasteiger partial charge in [0.1, 0.15) is 0 Å². The van der Waals surface area contributed by atoms with Crippen molar-refractivity contribution >= 4 is 29.9 Å². The minimum Gasteiger partial charge on any atom is -0.477 e. The zero-order valence-corrected chi connectivity index (χ0v) is 17.4. The van der Waals surface area contributed by atoms with Crippen molar-refractivity contribution in [1.29, 1.82) is 0 Å². The summed E-state index contributed by atoms with van der Waals surface area (Å²) in [5, 5.41) is 10.8. The SMILES string of the molecule is CN=C(NCCCn1cccn1)NCc1ccc(OCC2CC2)nc1.I. The van der Waals surface area contributed by atoms with Crippen molar-refractivity contribution in [2.45, 2.75) is 32.4 Å². The average Bonchev–Trinajstić information content (AvgIpc) is 3.34. The number of pyridine rings is 1. The van der Waals surface area contributed by atoms with E-state index in [0.29, 0.717) is 12.4 Å². The van der Waals surface area contributed by atoms with Gasteiger partial charge >= 0.3 is 0 Å². The van der Waals surface area contributed by atoms with Gasteiger partial charge in [-0.05, 0) is 36.8 Å². The number of hydrogen-bond donors (Lipinski definition) is 2. The standard InChI is InChI=1S/C18H26N6O.HI/c1-19-18(20-8-2-10-24-11-3-9-23-24)22-13-16-6-7-17(21-12-16)25-14-15-4-5-15;/h3,6-7,9,11-12,15H,2,4-5,8,10,13-14H2,1H3,(H2,19,20,22);1H. The molecule has 1 aliphatic rings. The number of aryl methyl sites for hydroxylation is 1. The van der Waals surface area contributed by atoms with Crippen molar-refractivity contribution < 1.29 is 4.74 Å². The number of halogens is 1. The fourth-order valence-corrected chi connectivity index (χ4v) is 2.38. The Kier molecular flexibility index (Phi) is 8.66. The molecule has 7 nitrogen and oxygen atoms in total. The summed E-state index contributed by atoms with van der Waals surface area (Å²) in [5.41, 5.74) is 1.10. The summed E-state index contributed by atoms with van der Waals surface area (Å²) < 4.78 is 7.58. The van der Waals surface area contributed by atoms with E-state index in [1.807, 2.05) is 35.3 Å². The molecule has 8 heteroatoms. The van der Waals surface area contributed by atoms with Gasteiger partial charge in [-0.25, -0.2) is 4.98 Å². The first kappa shape index (κ1) is 20.5. The van der Waals surface area contributed by atoms with E-state index >= 15 is 0 Å². The number of guanidine groups is 1. The molecule has 0 unspecified atom stereocenters. The zero-order valence-electron chi connectivity index (χ0n) is 15.1. The van der Waals surface area contributed by atoms with Crippen LogP contribution in [0.25, 0.3) is 0 Å². The van der Waals surface area contributed by atoms with Crippen LogP contribution in [-0.4, -0.2) is 40.9 Å². The lowest BCUT2D eigenvalue weighted by molar-refractivity contribution is 0.288. The molecule has 0 amide bonds. The fraction of sp³-hybridized carbons (Fsp3) is 0.500. The van der Waals surface area contributed by atoms with E-state index in [4.69, 9.17) is 4.74 Å². The van der Waals surface area contributed by atoms with Crippen LogP contribution in [-0.2, 0) is 13.1 Å². The first-order valence-corrected chi connectivity index (χ1v) is 8.83. The normalized spacial score (nSPS) is 13.8. The molecule has 1 fully saturated rings. The van der Waals surface area contributed by atoms with E-state index in [2.05, 4.69) is 25.7 Å². The maximum absolute atomic E-state index is 5.65. The second-order valence-electron chi connectivity index (χ2n) is 6.23. The van der Waals surface area contributed by atoms with Crippen molar-refractivity contribution in [3.63, 3.8) is 0 Å². The highest BCUT2D eigenvalue weighted by Gasteiger charge is 2.21. The summed E-state index contributed by atoms with van der Waals surface area (Å²) in [5.74, 6) is 2.23. The molecule has 0 bridgehead atoms. The average molecular weight is 470 g/mol. The monoisotopic (exact) mass is 470 g/mol. The molecule has 0 saturated heterocycles. The molecule has 2 heterocycles. The number of aliphatic imine (C=N–C) groups is 1. The minimum atomic E-state index is 0. The highest BCUT2D eigenvalue weighted by Crippen LogP contribution is 2.29. The van der Waals surface area contributed by atoms with Crippen LogP contribution in [0.1, 0.15) is 24.8 Å². The summed E-state index contributed by atoms with van der Waals surface area (Å²) in [6.07, 6.45) is 9.17. The fourth-order valence-electron chi connectivity index (χ4n) is 2.38. The Labute approximate surface area is 171 Å². The molecular formula is C18H27IN6O. The zero-order chi connectivity index (χ0) is 17.3. The van der Waals surface area contributed by atoms with E-state index < -0.39 is 0 Å². The highest BCUT2D eigenvalue weighted by atomic mass is 127. The van der Waals surface area contributed by atoms with Gasteiger partial charge in [-0.3, -0.25) is 9.67 Å². The Morgan fingerprint density at radius 3 is 2.88 bits per heavy atom. The van der Waals surface area contributed by atoms with Crippen LogP contribution >= 0.6 is 24.0 Å². The summed E-state index contributed by atoms with van der Waals surface area (Å²) in [4.78, 5) is 8.59. The number of nitrogens with one attached hydrogen (secondary N) is 2. The van der Waals surface area contributed by atoms with Crippen molar-refractivity contribution in [2.24, 2.45) is 10.9 Å². The van der Waals surface area contributed by atoms with Crippen LogP contribution in [0.5, 0.6) is 5.88 Å². The van der Waals surface area contributed by atoms with Crippen molar-refractivity contribution in [2.75, 3.05) is 20.2 Å². The predicted molar refractivity (Wildman–Crippen MR) is 113 cm³/mol. The third kappa shape index (κ3) is 7.19. The Bertz CT molecular complexity index is 655. The van der Waals surface area contributed by atoms with Gasteiger partial charge < -0.3 is 15.4 Å². The maximum atomic E-state index is 5.65. The van der Waals surface area contributed by atoms with E-state index in [1.165, 1.54) is 12.8 Å². The van der Waals surface area contributed by atoms with E-state index in [1.54, 1.807) is 13.2 Å². The summed E-state index contributed by atoms with van der Waals surface area (Å²) in [6, 6.07) is 5.90. The maximum Gasteiger partial charge on any atom is 0.213 e. The lowest BCUT2D eigenvalue weighted by atomic mass is 10.3. The second kappa shape index (κ2) is 11.0. The lowest BCUT2D eigenvalue weighted by Gasteiger charge is -2.12. The molecular weight excluding hydrogens is 443 g/mol. The largest absolute Gasteiger partial charge is 0.477 e. The third-order valence-corrected chi connectivity index (χ3v) is 4.06. The summed E-state index contributed by atoms with van der Waals surface area (Å²) >= 11 is 0. The number of nitrogens with zero attached hydrogens (tertiary/aromatic N) is 4. The van der Waals surface area contributed by atoms with E-state index in [-0.39, 0.29) is 24.0 Å². The Morgan fingerprint density at radius 1 is 1.35 bits per heavy atom. The molecule has 0 radical (unpaired) electrons. The van der Waals surface area contributed by atoms with Crippen molar-refractivity contribution in [3.8, 4) is 5.88 Å². The third-order valence-electron chi connectivity index (χ3n) is 4.06. The molecule has 0 aliphatic heterocycles. The molecule has 1 saturated carbocycles. The first-order chi connectivity index (χ1) is 12.3. The van der Waals surface area contributed by atoms with Gasteiger partial charge in [0.25, 0.3) is 0 Å². The topological polar surface area (TPSA) is 76.4 Å². The number of aromatic nitrogens is 3. The van der Waals surface area contributed by atoms with Crippen LogP contribution in [0.4, 0.5) is 0 Å².